The van der Waals surface area contributed by atoms with E-state index in [9.17, 15) is 4.79 Å². The third-order valence-electron chi connectivity index (χ3n) is 3.49. The molecule has 3 rings (SSSR count). The highest BCUT2D eigenvalue weighted by Crippen LogP contribution is 2.29. The van der Waals surface area contributed by atoms with Gasteiger partial charge >= 0.3 is 5.97 Å². The van der Waals surface area contributed by atoms with Gasteiger partial charge in [0.2, 0.25) is 0 Å². The molecule has 0 amide bonds. The molecule has 0 atom stereocenters. The topological polar surface area (TPSA) is 71.5 Å². The number of carboxylic acid groups (broad SMARTS) is 1. The molecule has 3 aromatic rings. The number of ether oxygens (including phenoxy) is 1. The van der Waals surface area contributed by atoms with Gasteiger partial charge in [-0.3, -0.25) is 4.79 Å². The SMILES string of the molecule is O=C(O)Cc1csc(NCCOc2ccccc2-c2ccccc2)n1. The lowest BCUT2D eigenvalue weighted by molar-refractivity contribution is -0.136. The summed E-state index contributed by atoms with van der Waals surface area (Å²) >= 11 is 1.40. The molecule has 0 radical (unpaired) electrons. The number of para-hydroxylation sites is 1. The van der Waals surface area contributed by atoms with Crippen LogP contribution in [-0.2, 0) is 11.2 Å². The normalized spacial score (nSPS) is 10.4. The number of anilines is 1. The first-order valence-electron chi connectivity index (χ1n) is 7.89. The lowest BCUT2D eigenvalue weighted by atomic mass is 10.1. The van der Waals surface area contributed by atoms with Crippen LogP contribution in [0.15, 0.2) is 60.0 Å². The molecule has 6 heteroatoms. The first kappa shape index (κ1) is 17.0. The standard InChI is InChI=1S/C19H18N2O3S/c22-18(23)12-15-13-25-19(21-15)20-10-11-24-17-9-5-4-8-16(17)14-6-2-1-3-7-14/h1-9,13H,10-12H2,(H,20,21)(H,22,23). The summed E-state index contributed by atoms with van der Waals surface area (Å²) in [6, 6.07) is 18.0. The van der Waals surface area contributed by atoms with Gasteiger partial charge in [0.15, 0.2) is 5.13 Å². The molecular weight excluding hydrogens is 336 g/mol. The second kappa shape index (κ2) is 8.30. The lowest BCUT2D eigenvalue weighted by Gasteiger charge is -2.12. The quantitative estimate of drug-likeness (QED) is 0.600. The van der Waals surface area contributed by atoms with Gasteiger partial charge in [-0.2, -0.15) is 0 Å². The summed E-state index contributed by atoms with van der Waals surface area (Å²) in [6.45, 7) is 1.07. The zero-order valence-corrected chi connectivity index (χ0v) is 14.3. The van der Waals surface area contributed by atoms with Crippen LogP contribution in [-0.4, -0.2) is 29.2 Å². The predicted molar refractivity (Wildman–Crippen MR) is 99.3 cm³/mol. The molecule has 0 aliphatic heterocycles. The number of nitrogens with one attached hydrogen (secondary N) is 1. The Balaban J connectivity index is 1.54. The molecule has 0 aliphatic carbocycles. The molecule has 0 spiro atoms. The van der Waals surface area contributed by atoms with E-state index < -0.39 is 5.97 Å². The van der Waals surface area contributed by atoms with Crippen LogP contribution in [0.5, 0.6) is 5.75 Å². The van der Waals surface area contributed by atoms with Gasteiger partial charge in [-0.1, -0.05) is 48.5 Å². The Bertz CT molecular complexity index is 833. The van der Waals surface area contributed by atoms with Crippen molar-refractivity contribution in [2.75, 3.05) is 18.5 Å². The zero-order valence-electron chi connectivity index (χ0n) is 13.5. The maximum Gasteiger partial charge on any atom is 0.309 e. The van der Waals surface area contributed by atoms with Crippen LogP contribution in [0, 0.1) is 0 Å². The van der Waals surface area contributed by atoms with Gasteiger partial charge in [-0.15, -0.1) is 11.3 Å². The summed E-state index contributed by atoms with van der Waals surface area (Å²) in [6.07, 6.45) is -0.0564. The van der Waals surface area contributed by atoms with Gasteiger partial charge < -0.3 is 15.2 Å². The Hall–Kier alpha value is -2.86. The van der Waals surface area contributed by atoms with Crippen molar-refractivity contribution in [2.24, 2.45) is 0 Å². The third-order valence-corrected chi connectivity index (χ3v) is 4.34. The Morgan fingerprint density at radius 2 is 1.88 bits per heavy atom. The van der Waals surface area contributed by atoms with E-state index >= 15 is 0 Å². The summed E-state index contributed by atoms with van der Waals surface area (Å²) in [5.74, 6) is -0.0427. The van der Waals surface area contributed by atoms with E-state index in [4.69, 9.17) is 9.84 Å². The Morgan fingerprint density at radius 3 is 2.68 bits per heavy atom. The summed E-state index contributed by atoms with van der Waals surface area (Å²) in [5.41, 5.74) is 2.74. The average molecular weight is 354 g/mol. The minimum atomic E-state index is -0.877. The summed E-state index contributed by atoms with van der Waals surface area (Å²) in [7, 11) is 0. The highest BCUT2D eigenvalue weighted by atomic mass is 32.1. The van der Waals surface area contributed by atoms with Crippen LogP contribution in [0.3, 0.4) is 0 Å². The minimum Gasteiger partial charge on any atom is -0.491 e. The van der Waals surface area contributed by atoms with E-state index in [-0.39, 0.29) is 6.42 Å². The first-order chi connectivity index (χ1) is 12.2. The highest BCUT2D eigenvalue weighted by molar-refractivity contribution is 7.13. The van der Waals surface area contributed by atoms with Crippen molar-refractivity contribution in [2.45, 2.75) is 6.42 Å². The van der Waals surface area contributed by atoms with E-state index in [1.165, 1.54) is 11.3 Å². The molecule has 0 fully saturated rings. The summed E-state index contributed by atoms with van der Waals surface area (Å²) < 4.78 is 5.90. The maximum absolute atomic E-state index is 10.7. The second-order valence-corrected chi connectivity index (χ2v) is 6.21. The van der Waals surface area contributed by atoms with Crippen molar-refractivity contribution in [1.82, 2.24) is 4.98 Å². The van der Waals surface area contributed by atoms with Crippen molar-refractivity contribution in [3.8, 4) is 16.9 Å². The third kappa shape index (κ3) is 4.81. The molecule has 128 valence electrons. The fourth-order valence-electron chi connectivity index (χ4n) is 2.39. The fourth-order valence-corrected chi connectivity index (χ4v) is 3.13. The second-order valence-electron chi connectivity index (χ2n) is 5.35. The molecule has 25 heavy (non-hydrogen) atoms. The first-order valence-corrected chi connectivity index (χ1v) is 8.77. The molecule has 2 aromatic carbocycles. The molecular formula is C19H18N2O3S. The maximum atomic E-state index is 10.7. The van der Waals surface area contributed by atoms with Crippen LogP contribution in [0.4, 0.5) is 5.13 Å². The predicted octanol–water partition coefficient (Wildman–Crippen LogP) is 3.93. The van der Waals surface area contributed by atoms with Gasteiger partial charge in [-0.05, 0) is 11.6 Å². The van der Waals surface area contributed by atoms with E-state index in [1.54, 1.807) is 5.38 Å². The van der Waals surface area contributed by atoms with E-state index in [1.807, 2.05) is 42.5 Å². The van der Waals surface area contributed by atoms with Crippen LogP contribution < -0.4 is 10.1 Å². The number of nitrogens with zero attached hydrogens (tertiary/aromatic N) is 1. The number of hydrogen-bond donors (Lipinski definition) is 2. The number of thiazole rings is 1. The van der Waals surface area contributed by atoms with Crippen molar-refractivity contribution >= 4 is 22.4 Å². The number of carbonyl (C=O) groups is 1. The van der Waals surface area contributed by atoms with Crippen LogP contribution in [0.25, 0.3) is 11.1 Å². The van der Waals surface area contributed by atoms with E-state index in [0.29, 0.717) is 24.0 Å². The number of aliphatic carboxylic acids is 1. The largest absolute Gasteiger partial charge is 0.491 e. The Morgan fingerprint density at radius 1 is 1.12 bits per heavy atom. The van der Waals surface area contributed by atoms with Crippen molar-refractivity contribution in [3.63, 3.8) is 0 Å². The van der Waals surface area contributed by atoms with Crippen molar-refractivity contribution < 1.29 is 14.6 Å². The van der Waals surface area contributed by atoms with E-state index in [2.05, 4.69) is 22.4 Å². The zero-order chi connectivity index (χ0) is 17.5. The van der Waals surface area contributed by atoms with Gasteiger partial charge in [0.1, 0.15) is 12.4 Å². The number of benzene rings is 2. The Labute approximate surface area is 149 Å². The summed E-state index contributed by atoms with van der Waals surface area (Å²) in [4.78, 5) is 14.9. The van der Waals surface area contributed by atoms with Crippen LogP contribution in [0.1, 0.15) is 5.69 Å². The Kier molecular flexibility index (Phi) is 5.64. The van der Waals surface area contributed by atoms with Crippen molar-refractivity contribution in [3.05, 3.63) is 65.7 Å². The van der Waals surface area contributed by atoms with Gasteiger partial charge in [-0.25, -0.2) is 4.98 Å². The molecule has 0 aliphatic rings. The van der Waals surface area contributed by atoms with Crippen molar-refractivity contribution in [1.29, 1.82) is 0 Å². The van der Waals surface area contributed by atoms with Gasteiger partial charge in [0, 0.05) is 10.9 Å². The number of carboxylic acids is 1. The number of rotatable bonds is 8. The highest BCUT2D eigenvalue weighted by Gasteiger charge is 2.07. The lowest BCUT2D eigenvalue weighted by Crippen LogP contribution is -2.12. The van der Waals surface area contributed by atoms with Gasteiger partial charge in [0.25, 0.3) is 0 Å². The monoisotopic (exact) mass is 354 g/mol. The fraction of sp³-hybridized carbons (Fsp3) is 0.158. The molecule has 1 aromatic heterocycles. The van der Waals surface area contributed by atoms with Gasteiger partial charge in [0.05, 0.1) is 18.7 Å². The molecule has 5 nitrogen and oxygen atoms in total. The molecule has 0 saturated carbocycles. The molecule has 2 N–H and O–H groups in total. The molecule has 1 heterocycles. The molecule has 0 bridgehead atoms. The molecule has 0 unspecified atom stereocenters. The van der Waals surface area contributed by atoms with Crippen LogP contribution >= 0.6 is 11.3 Å². The molecule has 0 saturated heterocycles. The number of aromatic nitrogens is 1. The number of hydrogen-bond acceptors (Lipinski definition) is 5. The van der Waals surface area contributed by atoms with E-state index in [0.717, 1.165) is 16.9 Å². The average Bonchev–Trinajstić information content (AvgIpc) is 3.06. The summed E-state index contributed by atoms with van der Waals surface area (Å²) in [5, 5.41) is 14.4. The van der Waals surface area contributed by atoms with Crippen LogP contribution in [0.2, 0.25) is 0 Å². The smallest absolute Gasteiger partial charge is 0.309 e. The minimum absolute atomic E-state index is 0.0564.